The normalized spacial score (nSPS) is 14.9. The van der Waals surface area contributed by atoms with Crippen LogP contribution in [-0.4, -0.2) is 42.7 Å². The van der Waals surface area contributed by atoms with Crippen molar-refractivity contribution in [3.63, 3.8) is 0 Å². The number of rotatable bonds is 8. The van der Waals surface area contributed by atoms with Crippen LogP contribution in [-0.2, 0) is 16.1 Å². The summed E-state index contributed by atoms with van der Waals surface area (Å²) in [7, 11) is 2.86. The van der Waals surface area contributed by atoms with Gasteiger partial charge in [-0.1, -0.05) is 24.3 Å². The fourth-order valence-electron chi connectivity index (χ4n) is 3.82. The van der Waals surface area contributed by atoms with E-state index >= 15 is 0 Å². The SMILES string of the molecule is CCN1C(=O)C(=Cc2cc(Br)c(OCc3ccccc3C#N)c(OC)c2)SC1=Nc1cccc(C(=O)OC)c1. The van der Waals surface area contributed by atoms with Gasteiger partial charge in [0.1, 0.15) is 6.61 Å². The Morgan fingerprint density at radius 1 is 1.15 bits per heavy atom. The molecule has 0 N–H and O–H groups in total. The van der Waals surface area contributed by atoms with Crippen LogP contribution in [0.25, 0.3) is 6.08 Å². The predicted octanol–water partition coefficient (Wildman–Crippen LogP) is 6.32. The molecule has 0 radical (unpaired) electrons. The number of nitrogens with zero attached hydrogens (tertiary/aromatic N) is 3. The lowest BCUT2D eigenvalue weighted by Crippen LogP contribution is -2.28. The van der Waals surface area contributed by atoms with Crippen LogP contribution in [0.2, 0.25) is 0 Å². The van der Waals surface area contributed by atoms with E-state index in [0.29, 0.717) is 49.4 Å². The number of hydrogen-bond donors (Lipinski definition) is 0. The predicted molar refractivity (Wildman–Crippen MR) is 154 cm³/mol. The number of likely N-dealkylation sites (N-methyl/N-ethyl adjacent to an activating group) is 1. The number of methoxy groups -OCH3 is 2. The highest BCUT2D eigenvalue weighted by atomic mass is 79.9. The van der Waals surface area contributed by atoms with E-state index in [-0.39, 0.29) is 12.5 Å². The lowest BCUT2D eigenvalue weighted by Gasteiger charge is -2.14. The van der Waals surface area contributed by atoms with Crippen molar-refractivity contribution in [2.45, 2.75) is 13.5 Å². The third kappa shape index (κ3) is 6.33. The van der Waals surface area contributed by atoms with Crippen molar-refractivity contribution < 1.29 is 23.8 Å². The summed E-state index contributed by atoms with van der Waals surface area (Å²) in [6.07, 6.45) is 1.77. The smallest absolute Gasteiger partial charge is 0.337 e. The summed E-state index contributed by atoms with van der Waals surface area (Å²) >= 11 is 4.81. The number of carbonyl (C=O) groups is 2. The van der Waals surface area contributed by atoms with Crippen molar-refractivity contribution >= 4 is 56.5 Å². The second-order valence-electron chi connectivity index (χ2n) is 8.19. The van der Waals surface area contributed by atoms with Gasteiger partial charge in [-0.25, -0.2) is 9.79 Å². The van der Waals surface area contributed by atoms with Gasteiger partial charge in [-0.3, -0.25) is 9.69 Å². The average molecular weight is 606 g/mol. The molecule has 1 fully saturated rings. The minimum atomic E-state index is -0.457. The number of thioether (sulfide) groups is 1. The molecule has 0 atom stereocenters. The Labute approximate surface area is 239 Å². The zero-order chi connectivity index (χ0) is 27.9. The average Bonchev–Trinajstić information content (AvgIpc) is 3.24. The van der Waals surface area contributed by atoms with Crippen molar-refractivity contribution in [1.82, 2.24) is 4.90 Å². The number of halogens is 1. The van der Waals surface area contributed by atoms with E-state index in [1.165, 1.54) is 26.0 Å². The number of ether oxygens (including phenoxy) is 3. The molecule has 1 heterocycles. The van der Waals surface area contributed by atoms with Gasteiger partial charge >= 0.3 is 5.97 Å². The number of esters is 1. The standard InChI is InChI=1S/C29H24BrN3O5S/c1-4-33-27(34)25(39-29(33)32-22-11-7-10-19(15-22)28(35)37-3)14-18-12-23(30)26(24(13-18)36-2)38-17-21-9-6-5-8-20(21)16-31/h5-15H,4,17H2,1-3H3. The number of carbonyl (C=O) groups excluding carboxylic acids is 2. The van der Waals surface area contributed by atoms with Crippen LogP contribution in [0, 0.1) is 11.3 Å². The minimum Gasteiger partial charge on any atom is -0.493 e. The summed E-state index contributed by atoms with van der Waals surface area (Å²) in [4.78, 5) is 31.8. The van der Waals surface area contributed by atoms with E-state index in [2.05, 4.69) is 27.0 Å². The number of amidine groups is 1. The maximum Gasteiger partial charge on any atom is 0.337 e. The first-order valence-corrected chi connectivity index (χ1v) is 13.5. The molecule has 0 saturated carbocycles. The molecule has 1 aliphatic heterocycles. The summed E-state index contributed by atoms with van der Waals surface area (Å²) in [5, 5.41) is 9.85. The first kappa shape index (κ1) is 28.0. The van der Waals surface area contributed by atoms with Gasteiger partial charge in [0.05, 0.1) is 46.5 Å². The van der Waals surface area contributed by atoms with Gasteiger partial charge in [-0.2, -0.15) is 5.26 Å². The molecular formula is C29H24BrN3O5S. The van der Waals surface area contributed by atoms with Crippen molar-refractivity contribution in [3.05, 3.63) is 92.3 Å². The molecule has 0 aromatic heterocycles. The Kier molecular flexibility index (Phi) is 9.07. The van der Waals surface area contributed by atoms with Gasteiger partial charge in [0.15, 0.2) is 16.7 Å². The Morgan fingerprint density at radius 2 is 1.95 bits per heavy atom. The number of hydrogen-bond acceptors (Lipinski definition) is 8. The second-order valence-corrected chi connectivity index (χ2v) is 10.1. The van der Waals surface area contributed by atoms with Crippen LogP contribution in [0.3, 0.4) is 0 Å². The molecule has 0 unspecified atom stereocenters. The Hall–Kier alpha value is -4.07. The van der Waals surface area contributed by atoms with Crippen molar-refractivity contribution in [3.8, 4) is 17.6 Å². The highest BCUT2D eigenvalue weighted by molar-refractivity contribution is 9.10. The molecule has 3 aromatic carbocycles. The summed E-state index contributed by atoms with van der Waals surface area (Å²) in [5.74, 6) is 0.331. The second kappa shape index (κ2) is 12.7. The summed E-state index contributed by atoms with van der Waals surface area (Å²) in [5.41, 5.74) is 2.95. The van der Waals surface area contributed by atoms with Gasteiger partial charge in [-0.05, 0) is 82.7 Å². The van der Waals surface area contributed by atoms with Crippen LogP contribution in [0.1, 0.15) is 34.0 Å². The molecule has 1 aliphatic rings. The third-order valence-corrected chi connectivity index (χ3v) is 7.35. The summed E-state index contributed by atoms with van der Waals surface area (Å²) in [6.45, 7) is 2.50. The molecule has 4 rings (SSSR count). The van der Waals surface area contributed by atoms with Crippen LogP contribution >= 0.6 is 27.7 Å². The van der Waals surface area contributed by atoms with Crippen LogP contribution in [0.4, 0.5) is 5.69 Å². The van der Waals surface area contributed by atoms with Crippen LogP contribution in [0.15, 0.2) is 75.0 Å². The van der Waals surface area contributed by atoms with E-state index in [4.69, 9.17) is 14.2 Å². The van der Waals surface area contributed by atoms with Gasteiger partial charge in [0.25, 0.3) is 5.91 Å². The largest absolute Gasteiger partial charge is 0.493 e. The van der Waals surface area contributed by atoms with Gasteiger partial charge < -0.3 is 14.2 Å². The molecular weight excluding hydrogens is 582 g/mol. The van der Waals surface area contributed by atoms with Crippen molar-refractivity contribution in [1.29, 1.82) is 5.26 Å². The summed E-state index contributed by atoms with van der Waals surface area (Å²) in [6, 6.07) is 19.8. The first-order chi connectivity index (χ1) is 18.9. The molecule has 39 heavy (non-hydrogen) atoms. The van der Waals surface area contributed by atoms with E-state index < -0.39 is 5.97 Å². The van der Waals surface area contributed by atoms with Gasteiger partial charge in [0, 0.05) is 12.1 Å². The molecule has 0 bridgehead atoms. The van der Waals surface area contributed by atoms with Crippen molar-refractivity contribution in [2.24, 2.45) is 4.99 Å². The van der Waals surface area contributed by atoms with Gasteiger partial charge in [-0.15, -0.1) is 0 Å². The quantitative estimate of drug-likeness (QED) is 0.219. The monoisotopic (exact) mass is 605 g/mol. The van der Waals surface area contributed by atoms with E-state index in [0.717, 1.165) is 11.1 Å². The lowest BCUT2D eigenvalue weighted by atomic mass is 10.1. The first-order valence-electron chi connectivity index (χ1n) is 11.8. The zero-order valence-corrected chi connectivity index (χ0v) is 23.8. The molecule has 1 amide bonds. The van der Waals surface area contributed by atoms with E-state index in [1.807, 2.05) is 25.1 Å². The maximum absolute atomic E-state index is 13.2. The number of aliphatic imine (C=N–C) groups is 1. The molecule has 10 heteroatoms. The molecule has 1 saturated heterocycles. The van der Waals surface area contributed by atoms with Gasteiger partial charge in [0.2, 0.25) is 0 Å². The fraction of sp³-hybridized carbons (Fsp3) is 0.172. The number of benzene rings is 3. The molecule has 8 nitrogen and oxygen atoms in total. The fourth-order valence-corrected chi connectivity index (χ4v) is 5.46. The van der Waals surface area contributed by atoms with E-state index in [9.17, 15) is 14.9 Å². The van der Waals surface area contributed by atoms with E-state index in [1.54, 1.807) is 53.4 Å². The minimum absolute atomic E-state index is 0.172. The highest BCUT2D eigenvalue weighted by Crippen LogP contribution is 2.40. The lowest BCUT2D eigenvalue weighted by molar-refractivity contribution is -0.122. The van der Waals surface area contributed by atoms with Crippen LogP contribution in [0.5, 0.6) is 11.5 Å². The Balaban J connectivity index is 1.60. The molecule has 3 aromatic rings. The molecule has 198 valence electrons. The maximum atomic E-state index is 13.2. The highest BCUT2D eigenvalue weighted by Gasteiger charge is 2.32. The summed E-state index contributed by atoms with van der Waals surface area (Å²) < 4.78 is 17.0. The molecule has 0 aliphatic carbocycles. The number of nitriles is 1. The number of amides is 1. The van der Waals surface area contributed by atoms with Crippen molar-refractivity contribution in [2.75, 3.05) is 20.8 Å². The van der Waals surface area contributed by atoms with Crippen LogP contribution < -0.4 is 9.47 Å². The Bertz CT molecular complexity index is 1530. The third-order valence-electron chi connectivity index (χ3n) is 5.76. The Morgan fingerprint density at radius 3 is 2.67 bits per heavy atom. The topological polar surface area (TPSA) is 101 Å². The molecule has 0 spiro atoms. The zero-order valence-electron chi connectivity index (χ0n) is 21.4.